The molecule has 5 rings (SSSR count). The van der Waals surface area contributed by atoms with Gasteiger partial charge in [0.1, 0.15) is 17.4 Å². The Bertz CT molecular complexity index is 1180. The molecule has 2 aromatic carbocycles. The molecular formula is C26H27FN4O. The van der Waals surface area contributed by atoms with Crippen LogP contribution in [0.5, 0.6) is 5.75 Å². The van der Waals surface area contributed by atoms with Gasteiger partial charge in [0.25, 0.3) is 0 Å². The summed E-state index contributed by atoms with van der Waals surface area (Å²) < 4.78 is 21.1. The molecule has 3 heterocycles. The molecule has 2 aliphatic rings. The smallest absolute Gasteiger partial charge is 0.143 e. The lowest BCUT2D eigenvalue weighted by Crippen LogP contribution is -2.42. The summed E-state index contributed by atoms with van der Waals surface area (Å²) in [6.07, 6.45) is 9.04. The quantitative estimate of drug-likeness (QED) is 0.560. The molecular weight excluding hydrogens is 403 g/mol. The summed E-state index contributed by atoms with van der Waals surface area (Å²) in [7, 11) is 1.69. The number of piperidine rings is 1. The van der Waals surface area contributed by atoms with E-state index in [1.54, 1.807) is 25.6 Å². The molecule has 2 aliphatic heterocycles. The van der Waals surface area contributed by atoms with Crippen LogP contribution in [0.2, 0.25) is 0 Å². The number of aliphatic imine (C=N–C) groups is 1. The molecule has 6 heteroatoms. The normalized spacial score (nSPS) is 19.6. The van der Waals surface area contributed by atoms with Crippen LogP contribution in [0.4, 0.5) is 4.39 Å². The highest BCUT2D eigenvalue weighted by molar-refractivity contribution is 6.03. The summed E-state index contributed by atoms with van der Waals surface area (Å²) in [6.45, 7) is 3.73. The number of methoxy groups -OCH3 is 1. The van der Waals surface area contributed by atoms with E-state index in [4.69, 9.17) is 9.73 Å². The number of rotatable bonds is 4. The van der Waals surface area contributed by atoms with E-state index in [2.05, 4.69) is 34.2 Å². The molecule has 0 bridgehead atoms. The number of hydrogen-bond donors (Lipinski definition) is 0. The summed E-state index contributed by atoms with van der Waals surface area (Å²) in [5, 5.41) is 0. The second kappa shape index (κ2) is 8.61. The fourth-order valence-corrected chi connectivity index (χ4v) is 4.71. The van der Waals surface area contributed by atoms with Crippen LogP contribution in [-0.4, -0.2) is 40.5 Å². The van der Waals surface area contributed by atoms with Crippen LogP contribution >= 0.6 is 0 Å². The van der Waals surface area contributed by atoms with Gasteiger partial charge < -0.3 is 14.2 Å². The molecule has 1 unspecified atom stereocenters. The number of hydrogen-bond acceptors (Lipinski definition) is 4. The van der Waals surface area contributed by atoms with E-state index >= 15 is 0 Å². The number of benzene rings is 2. The van der Waals surface area contributed by atoms with Gasteiger partial charge >= 0.3 is 0 Å². The lowest BCUT2D eigenvalue weighted by atomic mass is 9.93. The fourth-order valence-electron chi connectivity index (χ4n) is 4.71. The van der Waals surface area contributed by atoms with Crippen molar-refractivity contribution in [2.45, 2.75) is 32.2 Å². The summed E-state index contributed by atoms with van der Waals surface area (Å²) in [5.41, 5.74) is 5.42. The van der Waals surface area contributed by atoms with Crippen LogP contribution in [0.3, 0.4) is 0 Å². The molecule has 0 spiro atoms. The number of nitrogens with zero attached hydrogens (tertiary/aromatic N) is 4. The number of aromatic nitrogens is 2. The highest BCUT2D eigenvalue weighted by atomic mass is 19.1. The molecule has 5 nitrogen and oxygen atoms in total. The van der Waals surface area contributed by atoms with Crippen LogP contribution < -0.4 is 4.74 Å². The zero-order valence-corrected chi connectivity index (χ0v) is 18.5. The predicted molar refractivity (Wildman–Crippen MR) is 125 cm³/mol. The maximum atomic E-state index is 13.4. The monoisotopic (exact) mass is 430 g/mol. The molecule has 32 heavy (non-hydrogen) atoms. The molecule has 1 aromatic heterocycles. The Kier molecular flexibility index (Phi) is 5.52. The van der Waals surface area contributed by atoms with Crippen molar-refractivity contribution in [2.24, 2.45) is 4.99 Å². The molecule has 3 aromatic rings. The van der Waals surface area contributed by atoms with Crippen molar-refractivity contribution in [3.05, 3.63) is 83.2 Å². The number of halogens is 1. The van der Waals surface area contributed by atoms with Crippen LogP contribution in [-0.2, 0) is 0 Å². The Hall–Kier alpha value is -3.41. The number of imidazole rings is 1. The van der Waals surface area contributed by atoms with E-state index < -0.39 is 0 Å². The van der Waals surface area contributed by atoms with Gasteiger partial charge in [0.2, 0.25) is 0 Å². The zero-order valence-electron chi connectivity index (χ0n) is 18.5. The Labute approximate surface area is 187 Å². The van der Waals surface area contributed by atoms with Gasteiger partial charge in [0, 0.05) is 19.3 Å². The third kappa shape index (κ3) is 3.93. The number of amidine groups is 1. The van der Waals surface area contributed by atoms with Gasteiger partial charge in [0.05, 0.1) is 30.9 Å². The predicted octanol–water partition coefficient (Wildman–Crippen LogP) is 5.35. The Balaban J connectivity index is 1.45. The maximum Gasteiger partial charge on any atom is 0.143 e. The molecule has 1 atom stereocenters. The van der Waals surface area contributed by atoms with Gasteiger partial charge in [-0.05, 0) is 73.2 Å². The minimum absolute atomic E-state index is 0.194. The SMILES string of the molecule is COc1cc(/C=C2\CCCN3C2=NCCC3c2ccc(F)cc2)ccc1-n1cnc(C)c1. The average molecular weight is 431 g/mol. The molecule has 0 saturated carbocycles. The van der Waals surface area contributed by atoms with E-state index in [1.807, 2.05) is 29.8 Å². The molecule has 164 valence electrons. The topological polar surface area (TPSA) is 42.6 Å². The van der Waals surface area contributed by atoms with Gasteiger partial charge in [-0.25, -0.2) is 9.37 Å². The van der Waals surface area contributed by atoms with E-state index in [-0.39, 0.29) is 11.9 Å². The van der Waals surface area contributed by atoms with Crippen LogP contribution in [0.15, 0.2) is 65.6 Å². The van der Waals surface area contributed by atoms with Crippen molar-refractivity contribution in [1.82, 2.24) is 14.5 Å². The second-order valence-corrected chi connectivity index (χ2v) is 8.38. The van der Waals surface area contributed by atoms with Crippen LogP contribution in [0.1, 0.15) is 42.1 Å². The lowest BCUT2D eigenvalue weighted by Gasteiger charge is -2.41. The molecule has 0 aliphatic carbocycles. The van der Waals surface area contributed by atoms with Gasteiger partial charge in [0.15, 0.2) is 0 Å². The van der Waals surface area contributed by atoms with Gasteiger partial charge in [-0.3, -0.25) is 4.99 Å². The maximum absolute atomic E-state index is 13.4. The van der Waals surface area contributed by atoms with E-state index in [1.165, 1.54) is 5.57 Å². The Morgan fingerprint density at radius 2 is 2.00 bits per heavy atom. The zero-order chi connectivity index (χ0) is 22.1. The molecule has 1 fully saturated rings. The molecule has 1 saturated heterocycles. The summed E-state index contributed by atoms with van der Waals surface area (Å²) in [5.74, 6) is 1.69. The van der Waals surface area contributed by atoms with Crippen molar-refractivity contribution in [1.29, 1.82) is 0 Å². The van der Waals surface area contributed by atoms with Crippen molar-refractivity contribution in [3.8, 4) is 11.4 Å². The molecule has 0 amide bonds. The number of ether oxygens (including phenoxy) is 1. The van der Waals surface area contributed by atoms with Gasteiger partial charge in [-0.1, -0.05) is 18.2 Å². The highest BCUT2D eigenvalue weighted by Crippen LogP contribution is 2.35. The Morgan fingerprint density at radius 1 is 1.16 bits per heavy atom. The van der Waals surface area contributed by atoms with Crippen molar-refractivity contribution >= 4 is 11.9 Å². The third-order valence-electron chi connectivity index (χ3n) is 6.23. The summed E-state index contributed by atoms with van der Waals surface area (Å²) >= 11 is 0. The third-order valence-corrected chi connectivity index (χ3v) is 6.23. The minimum atomic E-state index is -0.194. The number of aryl methyl sites for hydroxylation is 1. The largest absolute Gasteiger partial charge is 0.495 e. The summed E-state index contributed by atoms with van der Waals surface area (Å²) in [6, 6.07) is 13.4. The van der Waals surface area contributed by atoms with Crippen molar-refractivity contribution in [2.75, 3.05) is 20.2 Å². The molecule has 0 radical (unpaired) electrons. The number of fused-ring (bicyclic) bond motifs is 1. The first-order valence-corrected chi connectivity index (χ1v) is 11.1. The summed E-state index contributed by atoms with van der Waals surface area (Å²) in [4.78, 5) is 11.6. The first-order valence-electron chi connectivity index (χ1n) is 11.1. The van der Waals surface area contributed by atoms with Crippen LogP contribution in [0, 0.1) is 12.7 Å². The average Bonchev–Trinajstić information content (AvgIpc) is 3.25. The first-order chi connectivity index (χ1) is 15.6. The Morgan fingerprint density at radius 3 is 2.75 bits per heavy atom. The fraction of sp³-hybridized carbons (Fsp3) is 0.308. The minimum Gasteiger partial charge on any atom is -0.495 e. The lowest BCUT2D eigenvalue weighted by molar-refractivity contribution is 0.273. The van der Waals surface area contributed by atoms with E-state index in [0.29, 0.717) is 0 Å². The van der Waals surface area contributed by atoms with E-state index in [9.17, 15) is 4.39 Å². The highest BCUT2D eigenvalue weighted by Gasteiger charge is 2.31. The van der Waals surface area contributed by atoms with Crippen molar-refractivity contribution in [3.63, 3.8) is 0 Å². The standard InChI is InChI=1S/C26H27FN4O/c1-18-16-30(17-29-18)24-10-5-19(15-25(24)32-2)14-21-4-3-13-31-23(11-12-28-26(21)31)20-6-8-22(27)9-7-20/h5-10,14-17,23H,3-4,11-13H2,1-2H3/b21-14+. The first kappa shape index (κ1) is 20.5. The van der Waals surface area contributed by atoms with Gasteiger partial charge in [-0.2, -0.15) is 0 Å². The van der Waals surface area contributed by atoms with Crippen molar-refractivity contribution < 1.29 is 9.13 Å². The van der Waals surface area contributed by atoms with E-state index in [0.717, 1.165) is 66.4 Å². The molecule has 0 N–H and O–H groups in total. The second-order valence-electron chi connectivity index (χ2n) is 8.38. The van der Waals surface area contributed by atoms with Crippen LogP contribution in [0.25, 0.3) is 11.8 Å². The van der Waals surface area contributed by atoms with Gasteiger partial charge in [-0.15, -0.1) is 0 Å².